The summed E-state index contributed by atoms with van der Waals surface area (Å²) in [6.45, 7) is 0. The van der Waals surface area contributed by atoms with Gasteiger partial charge in [0.05, 0.1) is 11.1 Å². The summed E-state index contributed by atoms with van der Waals surface area (Å²) in [6.07, 6.45) is -5.62. The minimum absolute atomic E-state index is 0.00512. The molecule has 0 aromatic heterocycles. The van der Waals surface area contributed by atoms with E-state index in [2.05, 4.69) is 31.9 Å². The molecule has 2 aromatic rings. The van der Waals surface area contributed by atoms with Gasteiger partial charge in [-0.15, -0.1) is 0 Å². The first-order chi connectivity index (χ1) is 13.0. The van der Waals surface area contributed by atoms with Crippen molar-refractivity contribution >= 4 is 50.2 Å². The highest BCUT2D eigenvalue weighted by atomic mass is 79.9. The van der Waals surface area contributed by atoms with Gasteiger partial charge in [0.25, 0.3) is 0 Å². The van der Waals surface area contributed by atoms with Crippen LogP contribution in [0.25, 0.3) is 6.08 Å². The Balaban J connectivity index is 0.000000237. The molecule has 0 aliphatic carbocycles. The number of carboxylic acid groups (broad SMARTS) is 1. The number of alkyl halides is 3. The third-order valence-electron chi connectivity index (χ3n) is 3.47. The van der Waals surface area contributed by atoms with E-state index in [0.717, 1.165) is 10.5 Å². The Morgan fingerprint density at radius 2 is 1.71 bits per heavy atom. The molecule has 1 aliphatic heterocycles. The molecule has 1 aliphatic rings. The minimum atomic E-state index is -4.77. The molecular formula is C18H11Br2F3O5. The summed E-state index contributed by atoms with van der Waals surface area (Å²) in [5, 5.41) is 17.8. The van der Waals surface area contributed by atoms with Crippen molar-refractivity contribution in [3.63, 3.8) is 0 Å². The molecular weight excluding hydrogens is 513 g/mol. The molecule has 10 heteroatoms. The number of benzene rings is 2. The number of phenolic OH excluding ortho intramolecular Hbond substituents is 1. The lowest BCUT2D eigenvalue weighted by atomic mass is 10.0. The lowest BCUT2D eigenvalue weighted by Crippen LogP contribution is -2.40. The van der Waals surface area contributed by atoms with E-state index in [0.29, 0.717) is 21.9 Å². The smallest absolute Gasteiger partial charge is 0.430 e. The van der Waals surface area contributed by atoms with E-state index in [-0.39, 0.29) is 11.5 Å². The fraction of sp³-hybridized carbons (Fsp3) is 0.111. The van der Waals surface area contributed by atoms with E-state index in [1.165, 1.54) is 24.3 Å². The minimum Gasteiger partial charge on any atom is -0.507 e. The van der Waals surface area contributed by atoms with Crippen molar-refractivity contribution < 1.29 is 37.7 Å². The second-order valence-corrected chi connectivity index (χ2v) is 7.28. The molecule has 0 bridgehead atoms. The zero-order valence-electron chi connectivity index (χ0n) is 13.7. The first kappa shape index (κ1) is 22.0. The van der Waals surface area contributed by atoms with Crippen LogP contribution in [-0.4, -0.2) is 34.7 Å². The molecule has 0 spiro atoms. The molecule has 0 radical (unpaired) electrons. The molecule has 1 heterocycles. The topological polar surface area (TPSA) is 83.8 Å². The van der Waals surface area contributed by atoms with Crippen LogP contribution >= 0.6 is 31.9 Å². The summed E-state index contributed by atoms with van der Waals surface area (Å²) in [6, 6.07) is 9.06. The summed E-state index contributed by atoms with van der Waals surface area (Å²) in [5.41, 5.74) is -0.232. The maximum atomic E-state index is 12.7. The van der Waals surface area contributed by atoms with Gasteiger partial charge in [0, 0.05) is 14.5 Å². The van der Waals surface area contributed by atoms with E-state index >= 15 is 0 Å². The van der Waals surface area contributed by atoms with Crippen LogP contribution in [-0.2, 0) is 4.79 Å². The van der Waals surface area contributed by atoms with Gasteiger partial charge in [0.1, 0.15) is 11.5 Å². The normalized spacial score (nSPS) is 15.3. The number of carbonyl (C=O) groups is 2. The van der Waals surface area contributed by atoms with Gasteiger partial charge >= 0.3 is 12.1 Å². The van der Waals surface area contributed by atoms with Gasteiger partial charge in [-0.3, -0.25) is 4.79 Å². The summed E-state index contributed by atoms with van der Waals surface area (Å²) in [4.78, 5) is 21.0. The van der Waals surface area contributed by atoms with E-state index < -0.39 is 23.8 Å². The number of rotatable bonds is 2. The fourth-order valence-electron chi connectivity index (χ4n) is 2.21. The van der Waals surface area contributed by atoms with Crippen LogP contribution in [0.3, 0.4) is 0 Å². The molecule has 0 saturated carbocycles. The van der Waals surface area contributed by atoms with Crippen molar-refractivity contribution in [1.29, 1.82) is 0 Å². The Hall–Kier alpha value is -2.33. The first-order valence-electron chi connectivity index (χ1n) is 7.44. The Morgan fingerprint density at radius 1 is 1.11 bits per heavy atom. The highest BCUT2D eigenvalue weighted by Gasteiger charge is 2.48. The van der Waals surface area contributed by atoms with Gasteiger partial charge in [-0.05, 0) is 42.5 Å². The number of aromatic hydroxyl groups is 1. The largest absolute Gasteiger partial charge is 0.507 e. The van der Waals surface area contributed by atoms with Gasteiger partial charge in [-0.25, -0.2) is 4.79 Å². The van der Waals surface area contributed by atoms with Crippen molar-refractivity contribution in [3.05, 3.63) is 62.0 Å². The zero-order chi connectivity index (χ0) is 21.1. The third kappa shape index (κ3) is 5.35. The first-order valence-corrected chi connectivity index (χ1v) is 9.03. The predicted molar refractivity (Wildman–Crippen MR) is 101 cm³/mol. The van der Waals surface area contributed by atoms with E-state index in [9.17, 15) is 22.8 Å². The number of halogens is 5. The predicted octanol–water partition coefficient (Wildman–Crippen LogP) is 5.21. The van der Waals surface area contributed by atoms with Crippen LogP contribution in [0.15, 0.2) is 50.9 Å². The molecule has 5 nitrogen and oxygen atoms in total. The van der Waals surface area contributed by atoms with Crippen LogP contribution in [0, 0.1) is 0 Å². The van der Waals surface area contributed by atoms with E-state index in [4.69, 9.17) is 14.9 Å². The molecule has 0 saturated heterocycles. The maximum Gasteiger partial charge on any atom is 0.430 e. The maximum absolute atomic E-state index is 12.7. The molecule has 1 atom stereocenters. The number of hydrogen-bond donors (Lipinski definition) is 2. The van der Waals surface area contributed by atoms with Gasteiger partial charge in [0.2, 0.25) is 6.10 Å². The van der Waals surface area contributed by atoms with Crippen molar-refractivity contribution in [3.8, 4) is 11.5 Å². The van der Waals surface area contributed by atoms with Gasteiger partial charge in [-0.1, -0.05) is 31.9 Å². The van der Waals surface area contributed by atoms with Crippen molar-refractivity contribution in [1.82, 2.24) is 0 Å². The van der Waals surface area contributed by atoms with Gasteiger partial charge in [-0.2, -0.15) is 13.2 Å². The van der Waals surface area contributed by atoms with Gasteiger partial charge < -0.3 is 14.9 Å². The SMILES string of the molecule is O=C(O)C1=Cc2cc(Br)ccc2OC1C(F)(F)F.O=Cc1cc(Br)ccc1O. The lowest BCUT2D eigenvalue weighted by Gasteiger charge is -2.27. The van der Waals surface area contributed by atoms with Crippen molar-refractivity contribution in [2.24, 2.45) is 0 Å². The number of hydrogen-bond acceptors (Lipinski definition) is 4. The number of aldehydes is 1. The summed E-state index contributed by atoms with van der Waals surface area (Å²) >= 11 is 6.31. The standard InChI is InChI=1S/C11H6BrF3O3.C7H5BrO2/c12-6-1-2-8-5(3-6)4-7(10(16)17)9(18-8)11(13,14)15;8-6-1-2-7(10)5(3-6)4-9/h1-4,9H,(H,16,17);1-4,10H. The number of carbonyl (C=O) groups excluding carboxylic acids is 1. The Kier molecular flexibility index (Phi) is 6.89. The number of phenols is 1. The fourth-order valence-corrected chi connectivity index (χ4v) is 2.97. The second-order valence-electron chi connectivity index (χ2n) is 5.45. The van der Waals surface area contributed by atoms with Crippen LogP contribution < -0.4 is 4.74 Å². The van der Waals surface area contributed by atoms with Crippen molar-refractivity contribution in [2.75, 3.05) is 0 Å². The van der Waals surface area contributed by atoms with Crippen LogP contribution in [0.5, 0.6) is 11.5 Å². The Bertz CT molecular complexity index is 941. The number of fused-ring (bicyclic) bond motifs is 1. The quantitative estimate of drug-likeness (QED) is 0.528. The number of ether oxygens (including phenoxy) is 1. The third-order valence-corrected chi connectivity index (χ3v) is 4.46. The Morgan fingerprint density at radius 3 is 2.25 bits per heavy atom. The van der Waals surface area contributed by atoms with Crippen LogP contribution in [0.4, 0.5) is 13.2 Å². The van der Waals surface area contributed by atoms with Gasteiger partial charge in [0.15, 0.2) is 6.29 Å². The van der Waals surface area contributed by atoms with E-state index in [1.807, 2.05) is 0 Å². The monoisotopic (exact) mass is 522 g/mol. The average molecular weight is 524 g/mol. The van der Waals surface area contributed by atoms with E-state index in [1.54, 1.807) is 12.1 Å². The summed E-state index contributed by atoms with van der Waals surface area (Å²) in [7, 11) is 0. The molecule has 3 rings (SSSR count). The second kappa shape index (κ2) is 8.78. The number of aliphatic carboxylic acids is 1. The molecule has 1 unspecified atom stereocenters. The highest BCUT2D eigenvalue weighted by molar-refractivity contribution is 9.10. The summed E-state index contributed by atoms with van der Waals surface area (Å²) < 4.78 is 44.2. The number of carboxylic acids is 1. The molecule has 0 fully saturated rings. The Labute approximate surface area is 173 Å². The highest BCUT2D eigenvalue weighted by Crippen LogP contribution is 2.38. The summed E-state index contributed by atoms with van der Waals surface area (Å²) in [5.74, 6) is -1.63. The molecule has 2 N–H and O–H groups in total. The van der Waals surface area contributed by atoms with Crippen LogP contribution in [0.1, 0.15) is 15.9 Å². The molecule has 2 aromatic carbocycles. The zero-order valence-corrected chi connectivity index (χ0v) is 16.9. The molecule has 148 valence electrons. The average Bonchev–Trinajstić information content (AvgIpc) is 2.62. The lowest BCUT2D eigenvalue weighted by molar-refractivity contribution is -0.187. The van der Waals surface area contributed by atoms with Crippen molar-refractivity contribution in [2.45, 2.75) is 12.3 Å². The van der Waals surface area contributed by atoms with Crippen LogP contribution in [0.2, 0.25) is 0 Å². The molecule has 0 amide bonds. The molecule has 28 heavy (non-hydrogen) atoms.